The van der Waals surface area contributed by atoms with E-state index >= 15 is 0 Å². The van der Waals surface area contributed by atoms with Crippen LogP contribution in [0.3, 0.4) is 0 Å². The SMILES string of the molecule is C[Si](C)(C)CCOCn1c(OC[C@@H]2CC2N(Cc2cccs2)c2cc(Cl)nc(N)n2)nc2ccccc21. The molecule has 0 spiro atoms. The first-order valence-electron chi connectivity index (χ1n) is 12.5. The molecule has 0 saturated heterocycles. The Morgan fingerprint density at radius 2 is 2.00 bits per heavy atom. The van der Waals surface area contributed by atoms with Crippen LogP contribution < -0.4 is 15.4 Å². The lowest BCUT2D eigenvalue weighted by molar-refractivity contribution is 0.0811. The Bertz CT molecular complexity index is 1320. The molecular formula is C26H33ClN6O2SSi. The van der Waals surface area contributed by atoms with Crippen molar-refractivity contribution in [2.24, 2.45) is 5.92 Å². The maximum atomic E-state index is 6.32. The molecule has 0 radical (unpaired) electrons. The Kier molecular flexibility index (Phi) is 7.71. The number of imidazole rings is 1. The van der Waals surface area contributed by atoms with E-state index in [4.69, 9.17) is 31.8 Å². The van der Waals surface area contributed by atoms with Crippen LogP contribution in [0.1, 0.15) is 11.3 Å². The Hall–Kier alpha value is -2.66. The standard InChI is InChI=1S/C26H33ClN6O2SSi/c1-37(2,3)12-10-34-17-33-21-9-5-4-8-20(21)29-26(33)35-16-18-13-22(18)32(15-19-7-6-11-36-19)24-14-23(27)30-25(28)31-24/h4-9,11,14,18,22H,10,12-13,15-17H2,1-3H3,(H2,28,30,31)/t18-,22?/m0/s1. The monoisotopic (exact) mass is 556 g/mol. The van der Waals surface area contributed by atoms with E-state index in [0.29, 0.717) is 30.4 Å². The molecule has 8 nitrogen and oxygen atoms in total. The Labute approximate surface area is 227 Å². The number of benzene rings is 1. The molecule has 0 bridgehead atoms. The van der Waals surface area contributed by atoms with Crippen molar-refractivity contribution in [1.82, 2.24) is 19.5 Å². The van der Waals surface area contributed by atoms with E-state index in [1.807, 2.05) is 22.8 Å². The van der Waals surface area contributed by atoms with Crippen molar-refractivity contribution in [2.75, 3.05) is 23.8 Å². The second-order valence-electron chi connectivity index (χ2n) is 10.6. The number of nitrogen functional groups attached to an aromatic ring is 1. The first-order chi connectivity index (χ1) is 17.8. The molecule has 5 rings (SSSR count). The van der Waals surface area contributed by atoms with Crippen molar-refractivity contribution in [1.29, 1.82) is 0 Å². The molecule has 1 unspecified atom stereocenters. The minimum Gasteiger partial charge on any atom is -0.464 e. The van der Waals surface area contributed by atoms with Crippen LogP contribution in [0, 0.1) is 5.92 Å². The molecule has 37 heavy (non-hydrogen) atoms. The highest BCUT2D eigenvalue weighted by Gasteiger charge is 2.43. The van der Waals surface area contributed by atoms with Gasteiger partial charge in [0, 0.05) is 37.6 Å². The van der Waals surface area contributed by atoms with Crippen LogP contribution in [-0.4, -0.2) is 46.8 Å². The van der Waals surface area contributed by atoms with Gasteiger partial charge in [-0.25, -0.2) is 4.98 Å². The summed E-state index contributed by atoms with van der Waals surface area (Å²) >= 11 is 7.93. The Morgan fingerprint density at radius 1 is 1.16 bits per heavy atom. The fourth-order valence-corrected chi connectivity index (χ4v) is 5.95. The second-order valence-corrected chi connectivity index (χ2v) is 17.7. The number of aromatic nitrogens is 4. The zero-order valence-electron chi connectivity index (χ0n) is 21.4. The number of anilines is 2. The number of rotatable bonds is 12. The molecule has 4 aromatic rings. The van der Waals surface area contributed by atoms with Gasteiger partial charge in [0.25, 0.3) is 6.01 Å². The molecule has 196 valence electrons. The molecular weight excluding hydrogens is 524 g/mol. The van der Waals surface area contributed by atoms with Crippen LogP contribution in [0.25, 0.3) is 11.0 Å². The summed E-state index contributed by atoms with van der Waals surface area (Å²) in [6, 6.07) is 16.0. The maximum Gasteiger partial charge on any atom is 0.299 e. The van der Waals surface area contributed by atoms with Crippen molar-refractivity contribution >= 4 is 53.8 Å². The highest BCUT2D eigenvalue weighted by atomic mass is 35.5. The third kappa shape index (κ3) is 6.62. The van der Waals surface area contributed by atoms with Gasteiger partial charge in [0.05, 0.1) is 24.2 Å². The van der Waals surface area contributed by atoms with E-state index in [9.17, 15) is 0 Å². The second kappa shape index (κ2) is 11.0. The number of hydrogen-bond donors (Lipinski definition) is 1. The molecule has 1 aliphatic rings. The topological polar surface area (TPSA) is 91.3 Å². The van der Waals surface area contributed by atoms with Crippen molar-refractivity contribution < 1.29 is 9.47 Å². The molecule has 3 heterocycles. The average molecular weight is 557 g/mol. The summed E-state index contributed by atoms with van der Waals surface area (Å²) in [6.07, 6.45) is 0.986. The van der Waals surface area contributed by atoms with Crippen LogP contribution in [0.15, 0.2) is 47.8 Å². The lowest BCUT2D eigenvalue weighted by Crippen LogP contribution is -2.28. The summed E-state index contributed by atoms with van der Waals surface area (Å²) < 4.78 is 14.4. The highest BCUT2D eigenvalue weighted by molar-refractivity contribution is 7.09. The van der Waals surface area contributed by atoms with E-state index in [1.54, 1.807) is 17.4 Å². The molecule has 1 aliphatic carbocycles. The summed E-state index contributed by atoms with van der Waals surface area (Å²) in [5.74, 6) is 1.24. The van der Waals surface area contributed by atoms with Crippen LogP contribution >= 0.6 is 22.9 Å². The molecule has 1 saturated carbocycles. The average Bonchev–Trinajstić information content (AvgIpc) is 3.24. The van der Waals surface area contributed by atoms with E-state index in [1.165, 1.54) is 4.88 Å². The third-order valence-corrected chi connectivity index (χ3v) is 9.21. The minimum atomic E-state index is -1.16. The molecule has 0 amide bonds. The first-order valence-corrected chi connectivity index (χ1v) is 17.5. The van der Waals surface area contributed by atoms with E-state index in [2.05, 4.69) is 58.1 Å². The van der Waals surface area contributed by atoms with E-state index in [-0.39, 0.29) is 12.0 Å². The largest absolute Gasteiger partial charge is 0.464 e. The number of nitrogens with two attached hydrogens (primary N) is 1. The summed E-state index contributed by atoms with van der Waals surface area (Å²) in [6.45, 7) is 9.53. The van der Waals surface area contributed by atoms with Crippen molar-refractivity contribution in [3.8, 4) is 6.01 Å². The fourth-order valence-electron chi connectivity index (χ4n) is 4.31. The molecule has 2 atom stereocenters. The van der Waals surface area contributed by atoms with Gasteiger partial charge >= 0.3 is 0 Å². The quantitative estimate of drug-likeness (QED) is 0.132. The van der Waals surface area contributed by atoms with Crippen molar-refractivity contribution in [2.45, 2.75) is 51.4 Å². The first kappa shape index (κ1) is 26.0. The predicted molar refractivity (Wildman–Crippen MR) is 153 cm³/mol. The Morgan fingerprint density at radius 3 is 2.76 bits per heavy atom. The summed E-state index contributed by atoms with van der Waals surface area (Å²) in [7, 11) is -1.16. The van der Waals surface area contributed by atoms with Gasteiger partial charge in [-0.15, -0.1) is 11.3 Å². The number of fused-ring (bicyclic) bond motifs is 1. The van der Waals surface area contributed by atoms with Crippen molar-refractivity contribution in [3.63, 3.8) is 0 Å². The number of ether oxygens (including phenoxy) is 2. The van der Waals surface area contributed by atoms with Gasteiger partial charge in [0.15, 0.2) is 0 Å². The molecule has 1 aromatic carbocycles. The van der Waals surface area contributed by atoms with Crippen molar-refractivity contribution in [3.05, 3.63) is 57.9 Å². The van der Waals surface area contributed by atoms with E-state index < -0.39 is 8.07 Å². The van der Waals surface area contributed by atoms with Gasteiger partial charge in [-0.2, -0.15) is 9.97 Å². The number of halogens is 1. The van der Waals surface area contributed by atoms with Gasteiger partial charge in [0.1, 0.15) is 17.7 Å². The number of hydrogen-bond acceptors (Lipinski definition) is 8. The lowest BCUT2D eigenvalue weighted by atomic mass is 10.3. The minimum absolute atomic E-state index is 0.176. The molecule has 11 heteroatoms. The third-order valence-electron chi connectivity index (χ3n) is 6.45. The number of thiophene rings is 1. The summed E-state index contributed by atoms with van der Waals surface area (Å²) in [4.78, 5) is 16.8. The number of para-hydroxylation sites is 2. The van der Waals surface area contributed by atoms with Crippen LogP contribution in [-0.2, 0) is 18.0 Å². The molecule has 0 aliphatic heterocycles. The predicted octanol–water partition coefficient (Wildman–Crippen LogP) is 5.91. The highest BCUT2D eigenvalue weighted by Crippen LogP contribution is 2.40. The fraction of sp³-hybridized carbons (Fsp3) is 0.423. The van der Waals surface area contributed by atoms with E-state index in [0.717, 1.165) is 42.5 Å². The number of nitrogens with zero attached hydrogens (tertiary/aromatic N) is 5. The smallest absolute Gasteiger partial charge is 0.299 e. The van der Waals surface area contributed by atoms with Gasteiger partial charge in [-0.05, 0) is 36.0 Å². The van der Waals surface area contributed by atoms with Gasteiger partial charge < -0.3 is 20.1 Å². The zero-order valence-corrected chi connectivity index (χ0v) is 24.0. The van der Waals surface area contributed by atoms with Crippen LogP contribution in [0.5, 0.6) is 6.01 Å². The maximum absolute atomic E-state index is 6.32. The molecule has 3 aromatic heterocycles. The van der Waals surface area contributed by atoms with Crippen LogP contribution in [0.4, 0.5) is 11.8 Å². The normalized spacial score (nSPS) is 17.3. The van der Waals surface area contributed by atoms with Gasteiger partial charge in [0.2, 0.25) is 5.95 Å². The van der Waals surface area contributed by atoms with Crippen LogP contribution in [0.2, 0.25) is 30.8 Å². The molecule has 2 N–H and O–H groups in total. The Balaban J connectivity index is 1.28. The summed E-state index contributed by atoms with van der Waals surface area (Å²) in [5, 5.41) is 2.42. The summed E-state index contributed by atoms with van der Waals surface area (Å²) in [5.41, 5.74) is 7.84. The van der Waals surface area contributed by atoms with Gasteiger partial charge in [-0.3, -0.25) is 4.57 Å². The zero-order chi connectivity index (χ0) is 26.0. The molecule has 1 fully saturated rings. The lowest BCUT2D eigenvalue weighted by Gasteiger charge is -2.24. The van der Waals surface area contributed by atoms with Gasteiger partial charge in [-0.1, -0.05) is 49.4 Å².